The number of anilines is 1. The Labute approximate surface area is 115 Å². The number of amides is 1. The topological polar surface area (TPSA) is 100 Å². The molecule has 0 bridgehead atoms. The SMILES string of the molecule is CNCc1ccccc1NC(=O)c1cc([N+](=O)[O-])c[nH]1. The Morgan fingerprint density at radius 3 is 2.80 bits per heavy atom. The summed E-state index contributed by atoms with van der Waals surface area (Å²) >= 11 is 0. The van der Waals surface area contributed by atoms with Crippen molar-refractivity contribution in [1.82, 2.24) is 10.3 Å². The normalized spacial score (nSPS) is 10.2. The van der Waals surface area contributed by atoms with Gasteiger partial charge >= 0.3 is 0 Å². The van der Waals surface area contributed by atoms with E-state index in [0.717, 1.165) is 5.56 Å². The minimum Gasteiger partial charge on any atom is -0.351 e. The minimum absolute atomic E-state index is 0.140. The van der Waals surface area contributed by atoms with Gasteiger partial charge in [-0.15, -0.1) is 0 Å². The number of carbonyl (C=O) groups excluding carboxylic acids is 1. The monoisotopic (exact) mass is 274 g/mol. The molecule has 0 fully saturated rings. The van der Waals surface area contributed by atoms with Crippen molar-refractivity contribution in [3.05, 3.63) is 57.9 Å². The first-order valence-corrected chi connectivity index (χ1v) is 5.98. The molecule has 7 nitrogen and oxygen atoms in total. The van der Waals surface area contributed by atoms with Crippen LogP contribution in [0.1, 0.15) is 16.1 Å². The van der Waals surface area contributed by atoms with Gasteiger partial charge in [-0.1, -0.05) is 18.2 Å². The lowest BCUT2D eigenvalue weighted by molar-refractivity contribution is -0.384. The van der Waals surface area contributed by atoms with E-state index in [2.05, 4.69) is 15.6 Å². The smallest absolute Gasteiger partial charge is 0.287 e. The van der Waals surface area contributed by atoms with Crippen molar-refractivity contribution in [3.8, 4) is 0 Å². The zero-order valence-corrected chi connectivity index (χ0v) is 10.8. The number of nitrogens with one attached hydrogen (secondary N) is 3. The largest absolute Gasteiger partial charge is 0.351 e. The number of rotatable bonds is 5. The summed E-state index contributed by atoms with van der Waals surface area (Å²) in [6.07, 6.45) is 1.19. The van der Waals surface area contributed by atoms with Crippen LogP contribution in [0.5, 0.6) is 0 Å². The van der Waals surface area contributed by atoms with Gasteiger partial charge in [-0.2, -0.15) is 0 Å². The third-order valence-corrected chi connectivity index (χ3v) is 2.76. The van der Waals surface area contributed by atoms with Gasteiger partial charge in [0.15, 0.2) is 0 Å². The van der Waals surface area contributed by atoms with Gasteiger partial charge in [0, 0.05) is 18.3 Å². The highest BCUT2D eigenvalue weighted by molar-refractivity contribution is 6.03. The summed E-state index contributed by atoms with van der Waals surface area (Å²) < 4.78 is 0. The zero-order chi connectivity index (χ0) is 14.5. The molecule has 2 rings (SSSR count). The average molecular weight is 274 g/mol. The maximum absolute atomic E-state index is 12.0. The summed E-state index contributed by atoms with van der Waals surface area (Å²) in [6.45, 7) is 0.612. The van der Waals surface area contributed by atoms with Crippen LogP contribution in [-0.4, -0.2) is 22.9 Å². The lowest BCUT2D eigenvalue weighted by Crippen LogP contribution is -2.15. The van der Waals surface area contributed by atoms with Crippen molar-refractivity contribution in [3.63, 3.8) is 0 Å². The molecular formula is C13H14N4O3. The number of nitro groups is 1. The van der Waals surface area contributed by atoms with E-state index in [9.17, 15) is 14.9 Å². The summed E-state index contributed by atoms with van der Waals surface area (Å²) in [6, 6.07) is 8.56. The van der Waals surface area contributed by atoms with Crippen LogP contribution in [0, 0.1) is 10.1 Å². The number of para-hydroxylation sites is 1. The molecule has 0 aliphatic heterocycles. The van der Waals surface area contributed by atoms with Crippen LogP contribution in [0.4, 0.5) is 11.4 Å². The summed E-state index contributed by atoms with van der Waals surface area (Å²) in [5.74, 6) is -0.415. The molecular weight excluding hydrogens is 260 g/mol. The summed E-state index contributed by atoms with van der Waals surface area (Å²) in [7, 11) is 1.81. The Balaban J connectivity index is 2.16. The molecule has 1 aromatic heterocycles. The van der Waals surface area contributed by atoms with Crippen LogP contribution in [-0.2, 0) is 6.54 Å². The quantitative estimate of drug-likeness (QED) is 0.572. The Hall–Kier alpha value is -2.67. The molecule has 0 radical (unpaired) electrons. The predicted octanol–water partition coefficient (Wildman–Crippen LogP) is 1.89. The molecule has 104 valence electrons. The molecule has 20 heavy (non-hydrogen) atoms. The molecule has 7 heteroatoms. The van der Waals surface area contributed by atoms with Gasteiger partial charge in [-0.25, -0.2) is 0 Å². The molecule has 0 aliphatic carbocycles. The highest BCUT2D eigenvalue weighted by atomic mass is 16.6. The minimum atomic E-state index is -0.553. The Bertz CT molecular complexity index is 636. The van der Waals surface area contributed by atoms with Crippen LogP contribution >= 0.6 is 0 Å². The Kier molecular flexibility index (Phi) is 4.11. The number of aromatic nitrogens is 1. The fourth-order valence-electron chi connectivity index (χ4n) is 1.80. The highest BCUT2D eigenvalue weighted by Gasteiger charge is 2.15. The van der Waals surface area contributed by atoms with E-state index in [1.165, 1.54) is 12.3 Å². The zero-order valence-electron chi connectivity index (χ0n) is 10.8. The fourth-order valence-corrected chi connectivity index (χ4v) is 1.80. The lowest BCUT2D eigenvalue weighted by atomic mass is 10.1. The van der Waals surface area contributed by atoms with Crippen LogP contribution in [0.25, 0.3) is 0 Å². The molecule has 0 aliphatic rings. The van der Waals surface area contributed by atoms with E-state index < -0.39 is 10.8 Å². The average Bonchev–Trinajstić information content (AvgIpc) is 2.91. The molecule has 2 aromatic rings. The molecule has 1 aromatic carbocycles. The molecule has 3 N–H and O–H groups in total. The molecule has 1 amide bonds. The number of H-pyrrole nitrogens is 1. The Morgan fingerprint density at radius 2 is 2.15 bits per heavy atom. The van der Waals surface area contributed by atoms with Gasteiger partial charge in [0.05, 0.1) is 11.1 Å². The number of carbonyl (C=O) groups is 1. The second kappa shape index (κ2) is 5.98. The third kappa shape index (κ3) is 3.01. The van der Waals surface area contributed by atoms with Crippen molar-refractivity contribution in [1.29, 1.82) is 0 Å². The highest BCUT2D eigenvalue weighted by Crippen LogP contribution is 2.17. The maximum atomic E-state index is 12.0. The Morgan fingerprint density at radius 1 is 1.40 bits per heavy atom. The molecule has 0 saturated heterocycles. The van der Waals surface area contributed by atoms with E-state index in [4.69, 9.17) is 0 Å². The first kappa shape index (κ1) is 13.8. The van der Waals surface area contributed by atoms with E-state index in [-0.39, 0.29) is 11.4 Å². The molecule has 0 spiro atoms. The summed E-state index contributed by atoms with van der Waals surface area (Å²) in [5, 5.41) is 16.3. The molecule has 0 unspecified atom stereocenters. The van der Waals surface area contributed by atoms with E-state index in [0.29, 0.717) is 12.2 Å². The van der Waals surface area contributed by atoms with Gasteiger partial charge in [-0.05, 0) is 18.7 Å². The van der Waals surface area contributed by atoms with Gasteiger partial charge in [0.25, 0.3) is 11.6 Å². The van der Waals surface area contributed by atoms with Crippen LogP contribution in [0.2, 0.25) is 0 Å². The van der Waals surface area contributed by atoms with Crippen LogP contribution in [0.15, 0.2) is 36.5 Å². The number of hydrogen-bond acceptors (Lipinski definition) is 4. The van der Waals surface area contributed by atoms with Gasteiger partial charge < -0.3 is 15.6 Å². The van der Waals surface area contributed by atoms with Gasteiger partial charge in [-0.3, -0.25) is 14.9 Å². The van der Waals surface area contributed by atoms with E-state index in [1.807, 2.05) is 25.2 Å². The lowest BCUT2D eigenvalue weighted by Gasteiger charge is -2.09. The third-order valence-electron chi connectivity index (χ3n) is 2.76. The van der Waals surface area contributed by atoms with E-state index >= 15 is 0 Å². The summed E-state index contributed by atoms with van der Waals surface area (Å²) in [4.78, 5) is 24.6. The number of aromatic amines is 1. The second-order valence-corrected chi connectivity index (χ2v) is 4.17. The number of hydrogen-bond donors (Lipinski definition) is 3. The fraction of sp³-hybridized carbons (Fsp3) is 0.154. The number of nitrogens with zero attached hydrogens (tertiary/aromatic N) is 1. The summed E-state index contributed by atoms with van der Waals surface area (Å²) in [5.41, 5.74) is 1.61. The van der Waals surface area contributed by atoms with Crippen LogP contribution < -0.4 is 10.6 Å². The number of benzene rings is 1. The molecule has 0 atom stereocenters. The predicted molar refractivity (Wildman–Crippen MR) is 74.6 cm³/mol. The van der Waals surface area contributed by atoms with Crippen molar-refractivity contribution in [2.75, 3.05) is 12.4 Å². The standard InChI is InChI=1S/C13H14N4O3/c1-14-7-9-4-2-3-5-11(9)16-13(18)12-6-10(8-15-12)17(19)20/h2-6,8,14-15H,7H2,1H3,(H,16,18). The first-order valence-electron chi connectivity index (χ1n) is 5.98. The van der Waals surface area contributed by atoms with Crippen LogP contribution in [0.3, 0.4) is 0 Å². The van der Waals surface area contributed by atoms with E-state index in [1.54, 1.807) is 6.07 Å². The maximum Gasteiger partial charge on any atom is 0.287 e. The van der Waals surface area contributed by atoms with Crippen molar-refractivity contribution in [2.24, 2.45) is 0 Å². The van der Waals surface area contributed by atoms with Crippen molar-refractivity contribution >= 4 is 17.3 Å². The van der Waals surface area contributed by atoms with Gasteiger partial charge in [0.1, 0.15) is 5.69 Å². The first-order chi connectivity index (χ1) is 9.61. The van der Waals surface area contributed by atoms with Crippen molar-refractivity contribution in [2.45, 2.75) is 6.54 Å². The van der Waals surface area contributed by atoms with Gasteiger partial charge in [0.2, 0.25) is 0 Å². The van der Waals surface area contributed by atoms with Crippen molar-refractivity contribution < 1.29 is 9.72 Å². The molecule has 1 heterocycles. The second-order valence-electron chi connectivity index (χ2n) is 4.17. The molecule has 0 saturated carbocycles.